The van der Waals surface area contributed by atoms with Crippen LogP contribution in [0.2, 0.25) is 0 Å². The highest BCUT2D eigenvalue weighted by Crippen LogP contribution is 2.51. The molecule has 0 saturated heterocycles. The fraction of sp³-hybridized carbons (Fsp3) is 0.346. The van der Waals surface area contributed by atoms with E-state index < -0.39 is 81.3 Å². The molecule has 11 heteroatoms. The number of ether oxygens (including phenoxy) is 2. The summed E-state index contributed by atoms with van der Waals surface area (Å²) >= 11 is 0. The van der Waals surface area contributed by atoms with Gasteiger partial charge in [-0.2, -0.15) is 26.3 Å². The molecule has 0 unspecified atom stereocenters. The summed E-state index contributed by atoms with van der Waals surface area (Å²) < 4.78 is 96.1. The first-order valence-electron chi connectivity index (χ1n) is 10.9. The van der Waals surface area contributed by atoms with Crippen molar-refractivity contribution >= 4 is 16.9 Å². The van der Waals surface area contributed by atoms with Crippen LogP contribution in [0.5, 0.6) is 23.0 Å². The molecule has 200 valence electrons. The van der Waals surface area contributed by atoms with E-state index in [-0.39, 0.29) is 11.5 Å². The van der Waals surface area contributed by atoms with E-state index in [1.54, 1.807) is 0 Å². The van der Waals surface area contributed by atoms with Crippen LogP contribution in [0.1, 0.15) is 37.8 Å². The Morgan fingerprint density at radius 2 is 1.11 bits per heavy atom. The van der Waals surface area contributed by atoms with Gasteiger partial charge in [0.25, 0.3) is 0 Å². The third-order valence-electron chi connectivity index (χ3n) is 5.97. The van der Waals surface area contributed by atoms with Gasteiger partial charge in [-0.15, -0.1) is 0 Å². The zero-order valence-electron chi connectivity index (χ0n) is 20.3. The van der Waals surface area contributed by atoms with Crippen LogP contribution >= 0.6 is 0 Å². The predicted molar refractivity (Wildman–Crippen MR) is 123 cm³/mol. The number of carbonyl (C=O) groups excluding carboxylic acids is 1. The Bertz CT molecular complexity index is 1190. The lowest BCUT2D eigenvalue weighted by Gasteiger charge is -2.35. The molecule has 0 atom stereocenters. The van der Waals surface area contributed by atoms with E-state index in [0.717, 1.165) is 50.6 Å². The minimum absolute atomic E-state index is 0.301. The first-order valence-corrected chi connectivity index (χ1v) is 10.9. The van der Waals surface area contributed by atoms with Crippen molar-refractivity contribution in [1.82, 2.24) is 0 Å². The average molecular weight is 530 g/mol. The minimum atomic E-state index is -5.12. The number of rotatable bonds is 4. The molecule has 1 aliphatic rings. The summed E-state index contributed by atoms with van der Waals surface area (Å²) in [6.45, 7) is 2.94. The maximum Gasteiger partial charge on any atom is 0.417 e. The van der Waals surface area contributed by atoms with Crippen molar-refractivity contribution in [1.29, 1.82) is 0 Å². The van der Waals surface area contributed by atoms with E-state index in [4.69, 9.17) is 9.47 Å². The maximum absolute atomic E-state index is 14.4. The minimum Gasteiger partial charge on any atom is -0.504 e. The van der Waals surface area contributed by atoms with Crippen molar-refractivity contribution in [3.8, 4) is 23.0 Å². The molecule has 0 aromatic heterocycles. The quantitative estimate of drug-likeness (QED) is 0.335. The van der Waals surface area contributed by atoms with Crippen LogP contribution in [0, 0.1) is 5.41 Å². The van der Waals surface area contributed by atoms with Gasteiger partial charge >= 0.3 is 12.4 Å². The number of ketones is 1. The number of alkyl halides is 6. The summed E-state index contributed by atoms with van der Waals surface area (Å²) in [4.78, 5) is 13.5. The van der Waals surface area contributed by atoms with Gasteiger partial charge in [-0.25, -0.2) is 0 Å². The molecule has 0 spiro atoms. The Hall–Kier alpha value is -3.63. The van der Waals surface area contributed by atoms with Gasteiger partial charge in [0.15, 0.2) is 28.8 Å². The van der Waals surface area contributed by atoms with Crippen LogP contribution < -0.4 is 9.47 Å². The van der Waals surface area contributed by atoms with Gasteiger partial charge < -0.3 is 19.7 Å². The third kappa shape index (κ3) is 5.70. The highest BCUT2D eigenvalue weighted by atomic mass is 19.4. The van der Waals surface area contributed by atoms with Crippen molar-refractivity contribution in [2.75, 3.05) is 14.2 Å². The van der Waals surface area contributed by atoms with Crippen LogP contribution in [0.15, 0.2) is 47.5 Å². The van der Waals surface area contributed by atoms with Crippen LogP contribution in [0.25, 0.3) is 11.1 Å². The number of methoxy groups -OCH3 is 2. The molecule has 1 fully saturated rings. The summed E-state index contributed by atoms with van der Waals surface area (Å²) in [6, 6.07) is 5.47. The Kier molecular flexibility index (Phi) is 7.31. The van der Waals surface area contributed by atoms with Gasteiger partial charge in [-0.3, -0.25) is 4.79 Å². The van der Waals surface area contributed by atoms with Crippen molar-refractivity contribution in [2.24, 2.45) is 5.41 Å². The van der Waals surface area contributed by atoms with E-state index in [0.29, 0.717) is 0 Å². The van der Waals surface area contributed by atoms with Gasteiger partial charge in [0.2, 0.25) is 0 Å². The summed E-state index contributed by atoms with van der Waals surface area (Å²) in [5, 5.41) is 19.6. The standard InChI is InChI=1S/C26H24F6O5/c1-24(2)11-15(21(25(27,28)29)13-5-7-17(33)19(9-13)36-3)23(35)16(12-24)22(26(30,31)32)14-6-8-18(34)20(10-14)37-4/h5-10,33-34H,11-12H2,1-4H3/b21-15-,22-16-. The molecule has 37 heavy (non-hydrogen) atoms. The lowest BCUT2D eigenvalue weighted by molar-refractivity contribution is -0.115. The number of hydrogen-bond donors (Lipinski definition) is 2. The Morgan fingerprint density at radius 3 is 1.41 bits per heavy atom. The molecule has 0 bridgehead atoms. The summed E-state index contributed by atoms with van der Waals surface area (Å²) in [6.07, 6.45) is -11.1. The monoisotopic (exact) mass is 530 g/mol. The highest BCUT2D eigenvalue weighted by Gasteiger charge is 2.47. The zero-order valence-corrected chi connectivity index (χ0v) is 20.3. The van der Waals surface area contributed by atoms with Crippen molar-refractivity contribution < 1.29 is 50.8 Å². The van der Waals surface area contributed by atoms with Crippen molar-refractivity contribution in [2.45, 2.75) is 39.0 Å². The first kappa shape index (κ1) is 27.9. The van der Waals surface area contributed by atoms with Gasteiger partial charge in [-0.1, -0.05) is 26.0 Å². The lowest BCUT2D eigenvalue weighted by Crippen LogP contribution is -2.31. The molecule has 2 aromatic rings. The smallest absolute Gasteiger partial charge is 0.417 e. The van der Waals surface area contributed by atoms with Gasteiger partial charge in [0.1, 0.15) is 0 Å². The predicted octanol–water partition coefficient (Wildman–Crippen LogP) is 6.84. The molecule has 0 heterocycles. The van der Waals surface area contributed by atoms with E-state index in [2.05, 4.69) is 0 Å². The summed E-state index contributed by atoms with van der Waals surface area (Å²) in [5.74, 6) is -2.89. The van der Waals surface area contributed by atoms with E-state index in [9.17, 15) is 41.4 Å². The largest absolute Gasteiger partial charge is 0.504 e. The number of carbonyl (C=O) groups is 1. The zero-order chi connectivity index (χ0) is 27.9. The molecule has 2 N–H and O–H groups in total. The molecule has 1 saturated carbocycles. The average Bonchev–Trinajstić information content (AvgIpc) is 2.77. The Labute approximate surface area is 208 Å². The number of phenolic OH excluding ortho intramolecular Hbond substituents is 2. The van der Waals surface area contributed by atoms with E-state index in [1.165, 1.54) is 13.8 Å². The lowest BCUT2D eigenvalue weighted by atomic mass is 9.68. The number of phenols is 2. The molecule has 1 aliphatic carbocycles. The second-order valence-corrected chi connectivity index (χ2v) is 9.32. The fourth-order valence-electron chi connectivity index (χ4n) is 4.45. The molecule has 0 radical (unpaired) electrons. The second kappa shape index (κ2) is 9.68. The summed E-state index contributed by atoms with van der Waals surface area (Å²) in [5.41, 5.74) is -6.73. The molecule has 5 nitrogen and oxygen atoms in total. The highest BCUT2D eigenvalue weighted by molar-refractivity contribution is 6.18. The molecular formula is C26H24F6O5. The van der Waals surface area contributed by atoms with Gasteiger partial charge in [0.05, 0.1) is 25.4 Å². The van der Waals surface area contributed by atoms with Gasteiger partial charge in [-0.05, 0) is 53.6 Å². The van der Waals surface area contributed by atoms with Crippen LogP contribution in [-0.4, -0.2) is 42.6 Å². The number of aromatic hydroxyl groups is 2. The number of benzene rings is 2. The number of Topliss-reactive ketones (excluding diaryl/α,β-unsaturated/α-hetero) is 1. The normalized spacial score (nSPS) is 18.9. The number of halogens is 6. The number of allylic oxidation sites excluding steroid dienone is 4. The second-order valence-electron chi connectivity index (χ2n) is 9.32. The maximum atomic E-state index is 14.4. The fourth-order valence-corrected chi connectivity index (χ4v) is 4.45. The van der Waals surface area contributed by atoms with E-state index in [1.807, 2.05) is 0 Å². The Balaban J connectivity index is 2.40. The van der Waals surface area contributed by atoms with Gasteiger partial charge in [0, 0.05) is 11.1 Å². The molecule has 0 amide bonds. The van der Waals surface area contributed by atoms with E-state index >= 15 is 0 Å². The first-order chi connectivity index (χ1) is 17.0. The van der Waals surface area contributed by atoms with Crippen LogP contribution in [-0.2, 0) is 4.79 Å². The molecular weight excluding hydrogens is 506 g/mol. The topological polar surface area (TPSA) is 76.0 Å². The molecule has 3 rings (SSSR count). The van der Waals surface area contributed by atoms with Crippen molar-refractivity contribution in [3.05, 3.63) is 58.7 Å². The SMILES string of the molecule is COc1cc(/C(=C2\CC(C)(C)C/C(=C(\c3ccc(O)c(OC)c3)C(F)(F)F)C2=O)C(F)(F)F)ccc1O. The molecule has 0 aliphatic heterocycles. The van der Waals surface area contributed by atoms with Crippen LogP contribution in [0.3, 0.4) is 0 Å². The van der Waals surface area contributed by atoms with Crippen LogP contribution in [0.4, 0.5) is 26.3 Å². The molecule has 2 aromatic carbocycles. The number of hydrogen-bond acceptors (Lipinski definition) is 5. The Morgan fingerprint density at radius 1 is 0.757 bits per heavy atom. The van der Waals surface area contributed by atoms with Crippen molar-refractivity contribution in [3.63, 3.8) is 0 Å². The summed E-state index contributed by atoms with van der Waals surface area (Å²) in [7, 11) is 2.24. The third-order valence-corrected chi connectivity index (χ3v) is 5.97.